The number of fused-ring (bicyclic) bond motifs is 5. The predicted octanol–water partition coefficient (Wildman–Crippen LogP) is 3.48. The second-order valence-corrected chi connectivity index (χ2v) is 9.73. The van der Waals surface area contributed by atoms with E-state index in [2.05, 4.69) is 25.4 Å². The van der Waals surface area contributed by atoms with Crippen molar-refractivity contribution in [2.24, 2.45) is 11.8 Å². The molecule has 3 fully saturated rings. The van der Waals surface area contributed by atoms with E-state index in [1.54, 1.807) is 2.49 Å². The van der Waals surface area contributed by atoms with Gasteiger partial charge in [-0.3, -0.25) is 0 Å². The number of nitrogens with one attached hydrogen (secondary N) is 1. The van der Waals surface area contributed by atoms with Gasteiger partial charge in [-0.05, 0) is 0 Å². The molecule has 2 bridgehead atoms. The quantitative estimate of drug-likeness (QED) is 0.486. The Hall–Kier alpha value is -1.72. The average molecular weight is 574 g/mol. The van der Waals surface area contributed by atoms with Crippen LogP contribution in [0.2, 0.25) is 0 Å². The molecule has 142 valence electrons. The summed E-state index contributed by atoms with van der Waals surface area (Å²) in [6, 6.07) is 1.63. The summed E-state index contributed by atoms with van der Waals surface area (Å²) in [5.74, 6) is 0.884. The summed E-state index contributed by atoms with van der Waals surface area (Å²) in [7, 11) is 0. The molecule has 3 saturated carbocycles. The summed E-state index contributed by atoms with van der Waals surface area (Å²) in [4.78, 5) is 12.7. The Morgan fingerprint density at radius 2 is 2.00 bits per heavy atom. The summed E-state index contributed by atoms with van der Waals surface area (Å²) in [6.07, 6.45) is 9.61. The van der Waals surface area contributed by atoms with E-state index in [1.165, 1.54) is 50.6 Å². The van der Waals surface area contributed by atoms with Gasteiger partial charge < -0.3 is 0 Å². The fourth-order valence-electron chi connectivity index (χ4n) is 4.69. The summed E-state index contributed by atoms with van der Waals surface area (Å²) in [6.45, 7) is 0. The average Bonchev–Trinajstić information content (AvgIpc) is 2.85. The molecule has 3 aromatic heterocycles. The molecule has 9 heteroatoms. The third-order valence-electron chi connectivity index (χ3n) is 6.08. The Balaban J connectivity index is 1.51. The molecule has 6 nitrogen and oxygen atoms in total. The number of aromatic nitrogens is 5. The molecule has 6 rings (SSSR count). The molecular formula is C19H19F2N6Tl. The fourth-order valence-corrected chi connectivity index (χ4v) is 5.94. The number of hydrogen-bond acceptors (Lipinski definition) is 5. The van der Waals surface area contributed by atoms with Gasteiger partial charge in [-0.15, -0.1) is 0 Å². The fraction of sp³-hybridized carbons (Fsp3) is 0.474. The number of hydrogen-bond donors (Lipinski definition) is 1. The monoisotopic (exact) mass is 574 g/mol. The van der Waals surface area contributed by atoms with Gasteiger partial charge in [0.2, 0.25) is 0 Å². The first-order chi connectivity index (χ1) is 13.6. The first kappa shape index (κ1) is 18.3. The number of rotatable bonds is 3. The Kier molecular flexibility index (Phi) is 4.76. The van der Waals surface area contributed by atoms with Crippen LogP contribution < -0.4 is 5.32 Å². The first-order valence-electron chi connectivity index (χ1n) is 9.67. The van der Waals surface area contributed by atoms with Crippen LogP contribution in [0.5, 0.6) is 0 Å². The third kappa shape index (κ3) is 3.29. The van der Waals surface area contributed by atoms with E-state index in [4.69, 9.17) is 0 Å². The topological polar surface area (TPSA) is 68.5 Å². The van der Waals surface area contributed by atoms with Crippen LogP contribution in [0.1, 0.15) is 38.5 Å². The van der Waals surface area contributed by atoms with Crippen molar-refractivity contribution in [3.8, 4) is 11.5 Å². The van der Waals surface area contributed by atoms with E-state index < -0.39 is 11.6 Å². The summed E-state index contributed by atoms with van der Waals surface area (Å²) in [5, 5.41) is 8.36. The molecule has 3 heterocycles. The SMILES string of the molecule is Fc1cnc2c(c1)c(-c1ncc(F)c(NC3CC4CCCC3CC4)n1)n[n]2[Tl]. The van der Waals surface area contributed by atoms with Gasteiger partial charge in [-0.25, -0.2) is 0 Å². The molecule has 1 N–H and O–H groups in total. The number of pyridine rings is 1. The Morgan fingerprint density at radius 1 is 1.11 bits per heavy atom. The van der Waals surface area contributed by atoms with Crippen LogP contribution in [0.4, 0.5) is 14.6 Å². The molecule has 3 unspecified atom stereocenters. The van der Waals surface area contributed by atoms with Gasteiger partial charge in [0.1, 0.15) is 0 Å². The van der Waals surface area contributed by atoms with Crippen LogP contribution in [-0.4, -0.2) is 54.6 Å². The predicted molar refractivity (Wildman–Crippen MR) is 102 cm³/mol. The zero-order valence-electron chi connectivity index (χ0n) is 15.3. The van der Waals surface area contributed by atoms with E-state index >= 15 is 0 Å². The molecule has 0 aliphatic heterocycles. The van der Waals surface area contributed by atoms with Crippen molar-refractivity contribution in [1.29, 1.82) is 0 Å². The second kappa shape index (κ2) is 7.27. The van der Waals surface area contributed by atoms with Gasteiger partial charge in [-0.1, -0.05) is 0 Å². The Morgan fingerprint density at radius 3 is 2.89 bits per heavy atom. The van der Waals surface area contributed by atoms with Crippen molar-refractivity contribution < 1.29 is 8.78 Å². The molecule has 28 heavy (non-hydrogen) atoms. The summed E-state index contributed by atoms with van der Waals surface area (Å²) < 4.78 is 29.9. The van der Waals surface area contributed by atoms with Gasteiger partial charge in [-0.2, -0.15) is 0 Å². The van der Waals surface area contributed by atoms with Crippen molar-refractivity contribution in [1.82, 2.24) is 22.5 Å². The zero-order chi connectivity index (χ0) is 19.3. The zero-order valence-corrected chi connectivity index (χ0v) is 19.8. The minimum absolute atomic E-state index is 0.213. The second-order valence-electron chi connectivity index (χ2n) is 7.83. The van der Waals surface area contributed by atoms with Crippen LogP contribution >= 0.6 is 0 Å². The number of anilines is 1. The van der Waals surface area contributed by atoms with Crippen LogP contribution in [0, 0.1) is 23.5 Å². The van der Waals surface area contributed by atoms with Crippen molar-refractivity contribution >= 4 is 42.9 Å². The Labute approximate surface area is 177 Å². The first-order valence-corrected chi connectivity index (χ1v) is 11.7. The third-order valence-corrected chi connectivity index (χ3v) is 7.48. The van der Waals surface area contributed by atoms with Gasteiger partial charge in [0, 0.05) is 0 Å². The standard InChI is InChI=1S/C19H19F2N6.Tl/c20-12-7-13-16(26-27-17(13)22-8-12)19-23-9-14(21)18(25-19)24-15-6-10-2-1-3-11(15)5-4-10;/h7-11,15H,1-6H2,(H-,22,23,24,25,26,27);/q-1;+1. The van der Waals surface area contributed by atoms with Crippen LogP contribution in [0.3, 0.4) is 0 Å². The van der Waals surface area contributed by atoms with Crippen LogP contribution in [0.15, 0.2) is 18.5 Å². The molecule has 0 aromatic carbocycles. The maximum atomic E-state index is 14.5. The normalized spacial score (nSPS) is 24.4. The molecule has 3 atom stereocenters. The maximum absolute atomic E-state index is 14.5. The van der Waals surface area contributed by atoms with Gasteiger partial charge >= 0.3 is 178 Å². The summed E-state index contributed by atoms with van der Waals surface area (Å²) in [5.41, 5.74) is 1.04. The molecule has 3 aromatic rings. The molecule has 3 aliphatic rings. The van der Waals surface area contributed by atoms with E-state index in [9.17, 15) is 8.78 Å². The Bertz CT molecular complexity index is 1030. The van der Waals surface area contributed by atoms with Gasteiger partial charge in [0.15, 0.2) is 0 Å². The molecule has 0 radical (unpaired) electrons. The summed E-state index contributed by atoms with van der Waals surface area (Å²) >= 11 is 0.360. The molecular weight excluding hydrogens is 555 g/mol. The van der Waals surface area contributed by atoms with Crippen molar-refractivity contribution in [3.63, 3.8) is 0 Å². The molecule has 0 spiro atoms. The van der Waals surface area contributed by atoms with Crippen LogP contribution in [0.25, 0.3) is 22.6 Å². The van der Waals surface area contributed by atoms with E-state index in [1.807, 2.05) is 0 Å². The van der Waals surface area contributed by atoms with E-state index in [0.717, 1.165) is 12.3 Å². The molecule has 0 saturated heterocycles. The van der Waals surface area contributed by atoms with Crippen molar-refractivity contribution in [2.75, 3.05) is 5.32 Å². The molecule has 3 aliphatic carbocycles. The minimum atomic E-state index is -0.468. The van der Waals surface area contributed by atoms with Crippen LogP contribution in [-0.2, 0) is 0 Å². The van der Waals surface area contributed by atoms with E-state index in [0.29, 0.717) is 54.5 Å². The van der Waals surface area contributed by atoms with Gasteiger partial charge in [0.25, 0.3) is 0 Å². The van der Waals surface area contributed by atoms with Gasteiger partial charge in [0.05, 0.1) is 0 Å². The van der Waals surface area contributed by atoms with Crippen molar-refractivity contribution in [2.45, 2.75) is 44.6 Å². The molecule has 0 amide bonds. The number of halogens is 2. The van der Waals surface area contributed by atoms with Crippen molar-refractivity contribution in [3.05, 3.63) is 30.1 Å². The van der Waals surface area contributed by atoms with E-state index in [-0.39, 0.29) is 11.9 Å². The number of nitrogens with zero attached hydrogens (tertiary/aromatic N) is 5.